The first-order valence-electron chi connectivity index (χ1n) is 10.3. The number of fused-ring (bicyclic) bond motifs is 1. The van der Waals surface area contributed by atoms with Crippen molar-refractivity contribution in [2.45, 2.75) is 70.9 Å². The summed E-state index contributed by atoms with van der Waals surface area (Å²) in [5, 5.41) is 18.7. The van der Waals surface area contributed by atoms with Gasteiger partial charge < -0.3 is 9.47 Å². The van der Waals surface area contributed by atoms with Crippen LogP contribution in [0.3, 0.4) is 0 Å². The highest BCUT2D eigenvalue weighted by atomic mass is 19.1. The van der Waals surface area contributed by atoms with Crippen molar-refractivity contribution in [3.8, 4) is 6.07 Å². The van der Waals surface area contributed by atoms with Crippen LogP contribution in [-0.2, 0) is 15.0 Å². The fraction of sp³-hybridized carbons (Fsp3) is 0.609. The monoisotopic (exact) mass is 433 g/mol. The van der Waals surface area contributed by atoms with Crippen molar-refractivity contribution in [1.82, 2.24) is 4.90 Å². The molecule has 1 aromatic rings. The lowest BCUT2D eigenvalue weighted by Crippen LogP contribution is -2.66. The molecule has 168 valence electrons. The van der Waals surface area contributed by atoms with Crippen LogP contribution in [-0.4, -0.2) is 40.8 Å². The molecule has 0 saturated carbocycles. The number of likely N-dealkylation sites (tertiary alicyclic amines) is 1. The number of benzene rings is 1. The number of carbonyl (C=O) groups excluding carboxylic acids is 1. The highest BCUT2D eigenvalue weighted by Crippen LogP contribution is 2.57. The summed E-state index contributed by atoms with van der Waals surface area (Å²) in [7, 11) is 0. The number of hydrogen-bond acceptors (Lipinski definition) is 5. The Morgan fingerprint density at radius 3 is 2.45 bits per heavy atom. The van der Waals surface area contributed by atoms with Crippen LogP contribution < -0.4 is 0 Å². The minimum Gasteiger partial charge on any atom is -0.443 e. The Balaban J connectivity index is 2.31. The maximum atomic E-state index is 15.2. The second-order valence-corrected chi connectivity index (χ2v) is 10.1. The number of piperidine rings is 1. The maximum absolute atomic E-state index is 15.2. The van der Waals surface area contributed by atoms with Gasteiger partial charge in [0.05, 0.1) is 18.8 Å². The van der Waals surface area contributed by atoms with E-state index in [-0.39, 0.29) is 24.4 Å². The van der Waals surface area contributed by atoms with E-state index in [2.05, 4.69) is 6.07 Å². The Morgan fingerprint density at radius 2 is 1.94 bits per heavy atom. The van der Waals surface area contributed by atoms with Crippen molar-refractivity contribution in [2.75, 3.05) is 6.61 Å². The number of alkyl halides is 1. The fourth-order valence-electron chi connectivity index (χ4n) is 4.73. The van der Waals surface area contributed by atoms with Crippen LogP contribution in [0.25, 0.3) is 0 Å². The number of nitrogens with one attached hydrogen (secondary N) is 1. The highest BCUT2D eigenvalue weighted by molar-refractivity contribution is 6.00. The lowest BCUT2D eigenvalue weighted by Gasteiger charge is -2.53. The molecule has 1 aromatic carbocycles. The van der Waals surface area contributed by atoms with Gasteiger partial charge in [-0.2, -0.15) is 5.26 Å². The second-order valence-electron chi connectivity index (χ2n) is 10.1. The number of nitrogens with zero attached hydrogens (tertiary/aromatic N) is 2. The summed E-state index contributed by atoms with van der Waals surface area (Å²) in [6.07, 6.45) is -1.88. The molecule has 31 heavy (non-hydrogen) atoms. The third kappa shape index (κ3) is 3.69. The Kier molecular flexibility index (Phi) is 5.42. The Bertz CT molecular complexity index is 947. The molecule has 4 atom stereocenters. The van der Waals surface area contributed by atoms with E-state index >= 15 is 8.78 Å². The Morgan fingerprint density at radius 1 is 1.32 bits per heavy atom. The average molecular weight is 433 g/mol. The van der Waals surface area contributed by atoms with Gasteiger partial charge in [0.2, 0.25) is 0 Å². The molecule has 6 nitrogen and oxygen atoms in total. The molecule has 0 radical (unpaired) electrons. The first-order valence-corrected chi connectivity index (χ1v) is 10.3. The van der Waals surface area contributed by atoms with Crippen molar-refractivity contribution in [3.63, 3.8) is 0 Å². The summed E-state index contributed by atoms with van der Waals surface area (Å²) in [5.41, 5.74) is -5.54. The normalized spacial score (nSPS) is 31.2. The zero-order valence-corrected chi connectivity index (χ0v) is 18.8. The van der Waals surface area contributed by atoms with Gasteiger partial charge in [-0.1, -0.05) is 18.2 Å². The zero-order chi connectivity index (χ0) is 23.4. The molecule has 1 N–H and O–H groups in total. The van der Waals surface area contributed by atoms with Crippen LogP contribution in [0.2, 0.25) is 0 Å². The van der Waals surface area contributed by atoms with E-state index in [9.17, 15) is 10.1 Å². The number of halogens is 2. The number of nitriles is 1. The van der Waals surface area contributed by atoms with Crippen LogP contribution in [0, 0.1) is 33.9 Å². The Labute approximate surface area is 181 Å². The summed E-state index contributed by atoms with van der Waals surface area (Å²) in [6, 6.07) is 8.00. The summed E-state index contributed by atoms with van der Waals surface area (Å²) in [4.78, 5) is 14.4. The summed E-state index contributed by atoms with van der Waals surface area (Å²) in [5.74, 6) is -1.70. The van der Waals surface area contributed by atoms with Crippen LogP contribution in [0.1, 0.15) is 53.5 Å². The van der Waals surface area contributed by atoms with Gasteiger partial charge in [0.25, 0.3) is 0 Å². The van der Waals surface area contributed by atoms with Crippen molar-refractivity contribution in [3.05, 3.63) is 35.6 Å². The minimum absolute atomic E-state index is 0.0357. The second kappa shape index (κ2) is 7.27. The quantitative estimate of drug-likeness (QED) is 0.716. The molecule has 0 aliphatic carbocycles. The lowest BCUT2D eigenvalue weighted by molar-refractivity contribution is -0.0329. The molecule has 8 heteroatoms. The first-order chi connectivity index (χ1) is 14.2. The third-order valence-corrected chi connectivity index (χ3v) is 6.07. The van der Waals surface area contributed by atoms with Crippen LogP contribution in [0.4, 0.5) is 13.6 Å². The minimum atomic E-state index is -1.83. The number of hydrogen-bond donors (Lipinski definition) is 1. The fourth-order valence-corrected chi connectivity index (χ4v) is 4.73. The van der Waals surface area contributed by atoms with Gasteiger partial charge in [-0.15, -0.1) is 0 Å². The first kappa shape index (κ1) is 23.1. The van der Waals surface area contributed by atoms with Gasteiger partial charge in [0, 0.05) is 11.5 Å². The number of rotatable bonds is 2. The average Bonchev–Trinajstić information content (AvgIpc) is 3.00. The highest BCUT2D eigenvalue weighted by Gasteiger charge is 2.67. The van der Waals surface area contributed by atoms with Gasteiger partial charge in [-0.05, 0) is 54.0 Å². The molecule has 0 spiro atoms. The largest absolute Gasteiger partial charge is 0.443 e. The molecular weight excluding hydrogens is 404 g/mol. The van der Waals surface area contributed by atoms with Crippen molar-refractivity contribution < 1.29 is 23.0 Å². The number of ether oxygens (including phenoxy) is 2. The van der Waals surface area contributed by atoms with E-state index < -0.39 is 46.2 Å². The maximum Gasteiger partial charge on any atom is 0.416 e. The number of amides is 1. The van der Waals surface area contributed by atoms with Gasteiger partial charge in [-0.3, -0.25) is 10.3 Å². The van der Waals surface area contributed by atoms with Crippen LogP contribution in [0.15, 0.2) is 24.3 Å². The standard InChI is InChI=1S/C23H29F2N3O3/c1-20(2,3)31-19(29)28-18(27)22(6,12-26)11-15-17(21(4,5)25)30-13-23(15,28)14-9-7-8-10-16(14)24/h7-10,15,17,27H,11,13H2,1-6H3/t15-,17+,22+,23-/m1/s1. The van der Waals surface area contributed by atoms with E-state index in [0.717, 1.165) is 4.90 Å². The smallest absolute Gasteiger partial charge is 0.416 e. The summed E-state index contributed by atoms with van der Waals surface area (Å²) < 4.78 is 41.8. The van der Waals surface area contributed by atoms with Gasteiger partial charge in [0.15, 0.2) is 0 Å². The molecule has 2 aliphatic heterocycles. The topological polar surface area (TPSA) is 86.4 Å². The molecule has 2 fully saturated rings. The molecule has 2 saturated heterocycles. The number of carbonyl (C=O) groups is 1. The lowest BCUT2D eigenvalue weighted by atomic mass is 9.62. The molecule has 2 aliphatic rings. The SMILES string of the molecule is CC(C)(C)OC(=O)N1C(=N)[C@](C)(C#N)C[C@@H]2[C@@H](C(C)(C)F)OC[C@@]21c1ccccc1F. The molecule has 0 aromatic heterocycles. The van der Waals surface area contributed by atoms with Crippen molar-refractivity contribution in [2.24, 2.45) is 11.3 Å². The third-order valence-electron chi connectivity index (χ3n) is 6.07. The van der Waals surface area contributed by atoms with Gasteiger partial charge in [-0.25, -0.2) is 13.6 Å². The van der Waals surface area contributed by atoms with Crippen LogP contribution in [0.5, 0.6) is 0 Å². The van der Waals surface area contributed by atoms with E-state index in [4.69, 9.17) is 14.9 Å². The van der Waals surface area contributed by atoms with E-state index in [1.54, 1.807) is 26.8 Å². The molecule has 2 heterocycles. The molecule has 1 amide bonds. The summed E-state index contributed by atoms with van der Waals surface area (Å²) in [6.45, 7) is 9.04. The Hall–Kier alpha value is -2.53. The van der Waals surface area contributed by atoms with Gasteiger partial charge in [0.1, 0.15) is 33.9 Å². The molecule has 3 rings (SSSR count). The van der Waals surface area contributed by atoms with E-state index in [0.29, 0.717) is 0 Å². The number of amidine groups is 1. The van der Waals surface area contributed by atoms with Crippen molar-refractivity contribution in [1.29, 1.82) is 10.7 Å². The van der Waals surface area contributed by atoms with E-state index in [1.807, 2.05) is 0 Å². The predicted octanol–water partition coefficient (Wildman–Crippen LogP) is 4.93. The van der Waals surface area contributed by atoms with E-state index in [1.165, 1.54) is 39.0 Å². The molecule has 0 unspecified atom stereocenters. The van der Waals surface area contributed by atoms with Crippen molar-refractivity contribution >= 4 is 11.9 Å². The van der Waals surface area contributed by atoms with Gasteiger partial charge >= 0.3 is 6.09 Å². The predicted molar refractivity (Wildman–Crippen MR) is 111 cm³/mol. The molecule has 0 bridgehead atoms. The van der Waals surface area contributed by atoms with Crippen LogP contribution >= 0.6 is 0 Å². The zero-order valence-electron chi connectivity index (χ0n) is 18.8. The summed E-state index contributed by atoms with van der Waals surface area (Å²) >= 11 is 0. The molecular formula is C23H29F2N3O3.